The lowest BCUT2D eigenvalue weighted by Crippen LogP contribution is -2.52. The van der Waals surface area contributed by atoms with Crippen LogP contribution in [0.4, 0.5) is 10.1 Å². The number of hydrogen-bond acceptors (Lipinski definition) is 5. The lowest BCUT2D eigenvalue weighted by molar-refractivity contribution is -0.123. The molecule has 0 aliphatic rings. The van der Waals surface area contributed by atoms with Gasteiger partial charge in [0.2, 0.25) is 15.9 Å². The maximum atomic E-state index is 13.3. The molecule has 0 heterocycles. The first kappa shape index (κ1) is 23.5. The molecular formula is C21H27FN2O5S. The molecule has 2 atom stereocenters. The van der Waals surface area contributed by atoms with E-state index >= 15 is 0 Å². The van der Waals surface area contributed by atoms with Crippen LogP contribution in [0, 0.1) is 5.82 Å². The van der Waals surface area contributed by atoms with Gasteiger partial charge in [0.1, 0.15) is 30.0 Å². The zero-order chi connectivity index (χ0) is 22.3. The zero-order valence-electron chi connectivity index (χ0n) is 17.5. The van der Waals surface area contributed by atoms with Crippen molar-refractivity contribution in [1.82, 2.24) is 5.32 Å². The summed E-state index contributed by atoms with van der Waals surface area (Å²) < 4.78 is 49.8. The summed E-state index contributed by atoms with van der Waals surface area (Å²) in [7, 11) is -2.21. The number of amides is 1. The predicted molar refractivity (Wildman–Crippen MR) is 114 cm³/mol. The van der Waals surface area contributed by atoms with Gasteiger partial charge in [-0.05, 0) is 61.9 Å². The molecule has 1 amide bonds. The minimum absolute atomic E-state index is 0.198. The van der Waals surface area contributed by atoms with E-state index in [1.54, 1.807) is 45.2 Å². The number of hydrogen-bond donors (Lipinski definition) is 1. The Morgan fingerprint density at radius 1 is 1.10 bits per heavy atom. The molecular weight excluding hydrogens is 411 g/mol. The van der Waals surface area contributed by atoms with Gasteiger partial charge in [-0.2, -0.15) is 0 Å². The van der Waals surface area contributed by atoms with E-state index in [2.05, 4.69) is 5.32 Å². The third kappa shape index (κ3) is 6.35. The monoisotopic (exact) mass is 438 g/mol. The summed E-state index contributed by atoms with van der Waals surface area (Å²) in [6.45, 7) is 3.67. The Labute approximate surface area is 176 Å². The van der Waals surface area contributed by atoms with Gasteiger partial charge in [0.25, 0.3) is 0 Å². The topological polar surface area (TPSA) is 84.9 Å². The Hall–Kier alpha value is -2.81. The molecule has 7 nitrogen and oxygen atoms in total. The van der Waals surface area contributed by atoms with Crippen LogP contribution in [0.15, 0.2) is 48.5 Å². The molecule has 0 fully saturated rings. The fourth-order valence-corrected chi connectivity index (χ4v) is 4.13. The van der Waals surface area contributed by atoms with Crippen LogP contribution in [-0.2, 0) is 14.8 Å². The second kappa shape index (κ2) is 10.3. The lowest BCUT2D eigenvalue weighted by atomic mass is 10.1. The fourth-order valence-electron chi connectivity index (χ4n) is 2.92. The van der Waals surface area contributed by atoms with Gasteiger partial charge >= 0.3 is 0 Å². The van der Waals surface area contributed by atoms with Gasteiger partial charge in [0, 0.05) is 0 Å². The number of ether oxygens (including phenoxy) is 2. The van der Waals surface area contributed by atoms with Crippen molar-refractivity contribution in [3.05, 3.63) is 54.3 Å². The van der Waals surface area contributed by atoms with Crippen molar-refractivity contribution in [2.24, 2.45) is 0 Å². The molecule has 2 aromatic carbocycles. The number of halogens is 1. The summed E-state index contributed by atoms with van der Waals surface area (Å²) in [4.78, 5) is 12.8. The molecule has 2 unspecified atom stereocenters. The van der Waals surface area contributed by atoms with E-state index in [0.717, 1.165) is 22.7 Å². The van der Waals surface area contributed by atoms with Crippen molar-refractivity contribution in [1.29, 1.82) is 0 Å². The zero-order valence-corrected chi connectivity index (χ0v) is 18.3. The van der Waals surface area contributed by atoms with Crippen molar-refractivity contribution in [2.45, 2.75) is 32.4 Å². The highest BCUT2D eigenvalue weighted by Gasteiger charge is 2.32. The number of carbonyl (C=O) groups is 1. The Morgan fingerprint density at radius 3 is 2.17 bits per heavy atom. The third-order valence-electron chi connectivity index (χ3n) is 4.36. The van der Waals surface area contributed by atoms with Gasteiger partial charge in [-0.25, -0.2) is 12.8 Å². The number of benzene rings is 2. The summed E-state index contributed by atoms with van der Waals surface area (Å²) in [5, 5.41) is 2.79. The van der Waals surface area contributed by atoms with Crippen molar-refractivity contribution >= 4 is 21.6 Å². The predicted octanol–water partition coefficient (Wildman–Crippen LogP) is 2.96. The summed E-state index contributed by atoms with van der Waals surface area (Å²) in [6.07, 6.45) is 1.25. The summed E-state index contributed by atoms with van der Waals surface area (Å²) in [6, 6.07) is 10.7. The first-order valence-corrected chi connectivity index (χ1v) is 11.3. The second-order valence-electron chi connectivity index (χ2n) is 6.86. The number of rotatable bonds is 10. The van der Waals surface area contributed by atoms with Crippen molar-refractivity contribution in [3.8, 4) is 11.5 Å². The number of anilines is 1. The number of methoxy groups -OCH3 is 1. The molecule has 0 aliphatic carbocycles. The maximum absolute atomic E-state index is 13.3. The molecule has 0 spiro atoms. The van der Waals surface area contributed by atoms with Gasteiger partial charge in [-0.3, -0.25) is 9.10 Å². The number of nitrogens with zero attached hydrogens (tertiary/aromatic N) is 1. The molecule has 0 saturated heterocycles. The minimum Gasteiger partial charge on any atom is -0.497 e. The van der Waals surface area contributed by atoms with Gasteiger partial charge in [-0.1, -0.05) is 6.92 Å². The van der Waals surface area contributed by atoms with Crippen LogP contribution in [0.25, 0.3) is 0 Å². The van der Waals surface area contributed by atoms with Gasteiger partial charge in [-0.15, -0.1) is 0 Å². The van der Waals surface area contributed by atoms with Gasteiger partial charge < -0.3 is 14.8 Å². The maximum Gasteiger partial charge on any atom is 0.244 e. The lowest BCUT2D eigenvalue weighted by Gasteiger charge is -2.31. The molecule has 2 rings (SSSR count). The molecule has 164 valence electrons. The molecule has 0 aliphatic heterocycles. The molecule has 0 aromatic heterocycles. The molecule has 2 aromatic rings. The second-order valence-corrected chi connectivity index (χ2v) is 8.71. The van der Waals surface area contributed by atoms with Crippen LogP contribution in [0.1, 0.15) is 20.3 Å². The SMILES string of the molecule is CCC(C(=O)NC(C)COc1ccc(OC)cc1)N(c1ccc(F)cc1)S(C)(=O)=O. The molecule has 0 saturated carbocycles. The van der Waals surface area contributed by atoms with E-state index in [9.17, 15) is 17.6 Å². The van der Waals surface area contributed by atoms with E-state index in [1.807, 2.05) is 0 Å². The smallest absolute Gasteiger partial charge is 0.244 e. The van der Waals surface area contributed by atoms with Crippen molar-refractivity contribution in [3.63, 3.8) is 0 Å². The van der Waals surface area contributed by atoms with Crippen LogP contribution >= 0.6 is 0 Å². The number of nitrogens with one attached hydrogen (secondary N) is 1. The van der Waals surface area contributed by atoms with Gasteiger partial charge in [0.05, 0.1) is 25.1 Å². The molecule has 0 bridgehead atoms. The standard InChI is InChI=1S/C21H27FN2O5S/c1-5-20(24(30(4,26)27)17-8-6-16(22)7-9-17)21(25)23-15(2)14-29-19-12-10-18(28-3)11-13-19/h6-13,15,20H,5,14H2,1-4H3,(H,23,25). The Kier molecular flexibility index (Phi) is 8.05. The van der Waals surface area contributed by atoms with Gasteiger partial charge in [0.15, 0.2) is 0 Å². The molecule has 0 radical (unpaired) electrons. The van der Waals surface area contributed by atoms with Crippen LogP contribution in [-0.4, -0.2) is 46.4 Å². The number of sulfonamides is 1. The Morgan fingerprint density at radius 2 is 1.67 bits per heavy atom. The van der Waals surface area contributed by atoms with Crippen molar-refractivity contribution in [2.75, 3.05) is 24.3 Å². The van der Waals surface area contributed by atoms with Crippen LogP contribution < -0.4 is 19.1 Å². The average molecular weight is 439 g/mol. The fraction of sp³-hybridized carbons (Fsp3) is 0.381. The highest BCUT2D eigenvalue weighted by molar-refractivity contribution is 7.92. The van der Waals surface area contributed by atoms with E-state index in [1.165, 1.54) is 12.1 Å². The highest BCUT2D eigenvalue weighted by atomic mass is 32.2. The summed E-state index contributed by atoms with van der Waals surface area (Å²) in [5.74, 6) is 0.372. The normalized spacial score (nSPS) is 13.2. The van der Waals surface area contributed by atoms with E-state index in [-0.39, 0.29) is 24.8 Å². The van der Waals surface area contributed by atoms with Crippen LogP contribution in [0.3, 0.4) is 0 Å². The first-order chi connectivity index (χ1) is 14.2. The largest absolute Gasteiger partial charge is 0.497 e. The minimum atomic E-state index is -3.78. The molecule has 9 heteroatoms. The highest BCUT2D eigenvalue weighted by Crippen LogP contribution is 2.23. The summed E-state index contributed by atoms with van der Waals surface area (Å²) >= 11 is 0. The van der Waals surface area contributed by atoms with E-state index in [0.29, 0.717) is 11.5 Å². The quantitative estimate of drug-likeness (QED) is 0.617. The average Bonchev–Trinajstić information content (AvgIpc) is 2.70. The first-order valence-electron chi connectivity index (χ1n) is 9.48. The molecule has 30 heavy (non-hydrogen) atoms. The Bertz CT molecular complexity index is 933. The third-order valence-corrected chi connectivity index (χ3v) is 5.54. The number of carbonyl (C=O) groups excluding carboxylic acids is 1. The van der Waals surface area contributed by atoms with E-state index in [4.69, 9.17) is 9.47 Å². The Balaban J connectivity index is 2.07. The summed E-state index contributed by atoms with van der Waals surface area (Å²) in [5.41, 5.74) is 0.225. The van der Waals surface area contributed by atoms with Crippen molar-refractivity contribution < 1.29 is 27.1 Å². The van der Waals surface area contributed by atoms with Crippen LogP contribution in [0.5, 0.6) is 11.5 Å². The van der Waals surface area contributed by atoms with E-state index < -0.39 is 27.8 Å². The molecule has 1 N–H and O–H groups in total. The van der Waals surface area contributed by atoms with Crippen LogP contribution in [0.2, 0.25) is 0 Å².